The molecule has 0 spiro atoms. The van der Waals surface area contributed by atoms with E-state index in [2.05, 4.69) is 20.8 Å². The number of hydrogen-bond donors (Lipinski definition) is 2. The van der Waals surface area contributed by atoms with Gasteiger partial charge in [0.05, 0.1) is 11.6 Å². The maximum absolute atomic E-state index is 12.3. The number of nitriles is 1. The molecule has 0 radical (unpaired) electrons. The zero-order valence-electron chi connectivity index (χ0n) is 16.5. The molecule has 7 nitrogen and oxygen atoms in total. The van der Waals surface area contributed by atoms with Crippen LogP contribution in [0.1, 0.15) is 43.2 Å². The first-order chi connectivity index (χ1) is 14.4. The Morgan fingerprint density at radius 1 is 0.900 bits per heavy atom. The average Bonchev–Trinajstić information content (AvgIpc) is 2.75. The molecule has 8 heteroatoms. The van der Waals surface area contributed by atoms with Crippen molar-refractivity contribution < 1.29 is 9.59 Å². The van der Waals surface area contributed by atoms with E-state index in [1.54, 1.807) is 12.1 Å². The standard InChI is InChI=1S/C22H19N5O2S/c1-14-11-15(2)25-22(24-14)30-13-17-5-9-19(10-6-17)21(29)27-26-20(28)18-7-3-16(12-23)4-8-18/h3-11H,13H2,1-2H3,(H,26,28)(H,27,29). The molecule has 3 aromatic rings. The van der Waals surface area contributed by atoms with Crippen molar-refractivity contribution in [2.45, 2.75) is 24.8 Å². The first kappa shape index (κ1) is 21.0. The van der Waals surface area contributed by atoms with Crippen molar-refractivity contribution in [1.82, 2.24) is 20.8 Å². The molecule has 2 amide bonds. The van der Waals surface area contributed by atoms with Gasteiger partial charge in [0.25, 0.3) is 11.8 Å². The van der Waals surface area contributed by atoms with Gasteiger partial charge in [-0.3, -0.25) is 20.4 Å². The zero-order chi connectivity index (χ0) is 21.5. The molecule has 0 unspecified atom stereocenters. The number of hydrazine groups is 1. The smallest absolute Gasteiger partial charge is 0.267 e. The number of rotatable bonds is 5. The van der Waals surface area contributed by atoms with Crippen molar-refractivity contribution in [2.24, 2.45) is 0 Å². The summed E-state index contributed by atoms with van der Waals surface area (Å²) in [5, 5.41) is 9.51. The van der Waals surface area contributed by atoms with Crippen molar-refractivity contribution in [1.29, 1.82) is 5.26 Å². The van der Waals surface area contributed by atoms with E-state index in [9.17, 15) is 9.59 Å². The third-order valence-electron chi connectivity index (χ3n) is 4.11. The molecule has 2 N–H and O–H groups in total. The van der Waals surface area contributed by atoms with Crippen molar-refractivity contribution in [3.63, 3.8) is 0 Å². The summed E-state index contributed by atoms with van der Waals surface area (Å²) < 4.78 is 0. The maximum atomic E-state index is 12.3. The Labute approximate surface area is 178 Å². The molecule has 0 atom stereocenters. The molecule has 0 aliphatic heterocycles. The van der Waals surface area contributed by atoms with E-state index in [1.165, 1.54) is 36.0 Å². The van der Waals surface area contributed by atoms with Gasteiger partial charge in [0, 0.05) is 28.3 Å². The summed E-state index contributed by atoms with van der Waals surface area (Å²) in [7, 11) is 0. The van der Waals surface area contributed by atoms with E-state index in [0.29, 0.717) is 22.4 Å². The predicted octanol–water partition coefficient (Wildman–Crippen LogP) is 3.33. The SMILES string of the molecule is Cc1cc(C)nc(SCc2ccc(C(=O)NNC(=O)c3ccc(C#N)cc3)cc2)n1. The molecule has 2 aromatic carbocycles. The van der Waals surface area contributed by atoms with Gasteiger partial charge in [-0.25, -0.2) is 9.97 Å². The van der Waals surface area contributed by atoms with Crippen LogP contribution in [0.15, 0.2) is 59.8 Å². The van der Waals surface area contributed by atoms with Crippen LogP contribution in [0, 0.1) is 25.2 Å². The lowest BCUT2D eigenvalue weighted by Crippen LogP contribution is -2.41. The molecule has 30 heavy (non-hydrogen) atoms. The molecule has 0 bridgehead atoms. The Bertz CT molecular complexity index is 1090. The highest BCUT2D eigenvalue weighted by molar-refractivity contribution is 7.98. The fraction of sp³-hybridized carbons (Fsp3) is 0.136. The second-order valence-corrected chi connectivity index (χ2v) is 7.46. The highest BCUT2D eigenvalue weighted by Crippen LogP contribution is 2.20. The first-order valence-corrected chi connectivity index (χ1v) is 10.1. The van der Waals surface area contributed by atoms with Crippen molar-refractivity contribution in [3.05, 3.63) is 88.2 Å². The van der Waals surface area contributed by atoms with Gasteiger partial charge in [0.15, 0.2) is 5.16 Å². The summed E-state index contributed by atoms with van der Waals surface area (Å²) in [5.74, 6) is -0.205. The topological polar surface area (TPSA) is 108 Å². The van der Waals surface area contributed by atoms with Crippen molar-refractivity contribution in [3.8, 4) is 6.07 Å². The van der Waals surface area contributed by atoms with Crippen molar-refractivity contribution in [2.75, 3.05) is 0 Å². The summed E-state index contributed by atoms with van der Waals surface area (Å²) in [4.78, 5) is 33.1. The molecule has 0 saturated heterocycles. The number of benzene rings is 2. The van der Waals surface area contributed by atoms with Crippen LogP contribution in [0.5, 0.6) is 0 Å². The average molecular weight is 417 g/mol. The van der Waals surface area contributed by atoms with E-state index in [1.807, 2.05) is 38.1 Å². The number of carbonyl (C=O) groups excluding carboxylic acids is 2. The van der Waals surface area contributed by atoms with Gasteiger partial charge in [-0.05, 0) is 61.9 Å². The van der Waals surface area contributed by atoms with Crippen LogP contribution < -0.4 is 10.9 Å². The second-order valence-electron chi connectivity index (χ2n) is 6.52. The van der Waals surface area contributed by atoms with E-state index in [-0.39, 0.29) is 0 Å². The normalized spacial score (nSPS) is 10.2. The van der Waals surface area contributed by atoms with Gasteiger partial charge in [0.2, 0.25) is 0 Å². The number of aryl methyl sites for hydroxylation is 2. The molecule has 150 valence electrons. The van der Waals surface area contributed by atoms with Crippen LogP contribution in [-0.4, -0.2) is 21.8 Å². The molecular weight excluding hydrogens is 398 g/mol. The molecule has 0 fully saturated rings. The minimum Gasteiger partial charge on any atom is -0.267 e. The largest absolute Gasteiger partial charge is 0.269 e. The van der Waals surface area contributed by atoms with Crippen LogP contribution in [0.2, 0.25) is 0 Å². The number of nitrogens with one attached hydrogen (secondary N) is 2. The fourth-order valence-electron chi connectivity index (χ4n) is 2.61. The lowest BCUT2D eigenvalue weighted by Gasteiger charge is -2.08. The van der Waals surface area contributed by atoms with Crippen molar-refractivity contribution >= 4 is 23.6 Å². The summed E-state index contributed by atoms with van der Waals surface area (Å²) in [6, 6.07) is 17.1. The molecule has 0 saturated carbocycles. The number of amides is 2. The molecule has 1 heterocycles. The number of hydrogen-bond acceptors (Lipinski definition) is 6. The fourth-order valence-corrected chi connectivity index (χ4v) is 3.52. The van der Waals surface area contributed by atoms with Gasteiger partial charge in [-0.2, -0.15) is 5.26 Å². The number of thioether (sulfide) groups is 1. The minimum absolute atomic E-state index is 0.343. The van der Waals surface area contributed by atoms with Gasteiger partial charge in [0.1, 0.15) is 0 Å². The van der Waals surface area contributed by atoms with Crippen LogP contribution in [0.3, 0.4) is 0 Å². The van der Waals surface area contributed by atoms with E-state index in [0.717, 1.165) is 22.1 Å². The lowest BCUT2D eigenvalue weighted by atomic mass is 10.1. The van der Waals surface area contributed by atoms with Crippen LogP contribution >= 0.6 is 11.8 Å². The molecular formula is C22H19N5O2S. The maximum Gasteiger partial charge on any atom is 0.269 e. The highest BCUT2D eigenvalue weighted by atomic mass is 32.2. The Balaban J connectivity index is 1.52. The monoisotopic (exact) mass is 417 g/mol. The first-order valence-electron chi connectivity index (χ1n) is 9.09. The zero-order valence-corrected chi connectivity index (χ0v) is 17.3. The van der Waals surface area contributed by atoms with E-state index >= 15 is 0 Å². The molecule has 0 aliphatic carbocycles. The van der Waals surface area contributed by atoms with Gasteiger partial charge in [-0.1, -0.05) is 23.9 Å². The minimum atomic E-state index is -0.464. The summed E-state index contributed by atoms with van der Waals surface area (Å²) in [6.07, 6.45) is 0. The third-order valence-corrected chi connectivity index (χ3v) is 5.03. The predicted molar refractivity (Wildman–Crippen MR) is 114 cm³/mol. The van der Waals surface area contributed by atoms with E-state index < -0.39 is 11.8 Å². The molecule has 1 aromatic heterocycles. The van der Waals surface area contributed by atoms with Gasteiger partial charge >= 0.3 is 0 Å². The third kappa shape index (κ3) is 5.65. The Morgan fingerprint density at radius 3 is 1.90 bits per heavy atom. The summed E-state index contributed by atoms with van der Waals surface area (Å²) in [6.45, 7) is 3.87. The Hall–Kier alpha value is -3.70. The van der Waals surface area contributed by atoms with Crippen LogP contribution in [-0.2, 0) is 5.75 Å². The van der Waals surface area contributed by atoms with Crippen LogP contribution in [0.25, 0.3) is 0 Å². The van der Waals surface area contributed by atoms with Gasteiger partial charge in [-0.15, -0.1) is 0 Å². The quantitative estimate of drug-likeness (QED) is 0.375. The summed E-state index contributed by atoms with van der Waals surface area (Å²) >= 11 is 1.53. The van der Waals surface area contributed by atoms with Crippen LogP contribution in [0.4, 0.5) is 0 Å². The summed E-state index contributed by atoms with van der Waals surface area (Å²) in [5.41, 5.74) is 8.86. The van der Waals surface area contributed by atoms with Gasteiger partial charge < -0.3 is 0 Å². The number of aromatic nitrogens is 2. The number of carbonyl (C=O) groups is 2. The number of nitrogens with zero attached hydrogens (tertiary/aromatic N) is 3. The Morgan fingerprint density at radius 2 is 1.40 bits per heavy atom. The highest BCUT2D eigenvalue weighted by Gasteiger charge is 2.10. The second kappa shape index (κ2) is 9.67. The molecule has 3 rings (SSSR count). The Kier molecular flexibility index (Phi) is 6.78. The van der Waals surface area contributed by atoms with E-state index in [4.69, 9.17) is 5.26 Å². The lowest BCUT2D eigenvalue weighted by molar-refractivity contribution is 0.0846. The molecule has 0 aliphatic rings.